The molecule has 32 heteroatoms. The Balaban J connectivity index is 1.39. The molecule has 1 aromatic carbocycles. The van der Waals surface area contributed by atoms with Gasteiger partial charge < -0.3 is 81.2 Å². The van der Waals surface area contributed by atoms with Crippen LogP contribution < -0.4 is 37.7 Å². The van der Waals surface area contributed by atoms with E-state index < -0.39 is 194 Å². The molecule has 2 aromatic rings. The zero-order valence-corrected chi connectivity index (χ0v) is 58.3. The quantitative estimate of drug-likeness (QED) is 0.0747. The first-order valence-corrected chi connectivity index (χ1v) is 33.4. The topological polar surface area (TPSA) is 428 Å². The van der Waals surface area contributed by atoms with Gasteiger partial charge in [-0.15, -0.1) is 0 Å². The lowest BCUT2D eigenvalue weighted by molar-refractivity contribution is -0.201. The fraction of sp³-hybridized carbons (Fsp3) is 0.582. The Morgan fingerprint density at radius 1 is 0.646 bits per heavy atom. The Morgan fingerprint density at radius 3 is 1.54 bits per heavy atom. The lowest BCUT2D eigenvalue weighted by Crippen LogP contribution is -2.61. The molecule has 4 saturated heterocycles. The number of rotatable bonds is 11. The molecule has 6 heterocycles. The number of carbonyl (C=O) groups excluding carboxylic acids is 12. The van der Waals surface area contributed by atoms with Crippen LogP contribution in [0.25, 0.3) is 22.6 Å². The largest absolute Gasteiger partial charge is 0.452 e. The number of benzene rings is 2. The molecule has 0 bridgehead atoms. The second-order valence-electron chi connectivity index (χ2n) is 27.2. The van der Waals surface area contributed by atoms with E-state index in [1.807, 2.05) is 0 Å². The minimum atomic E-state index is -2.35. The smallest absolute Gasteiger partial charge is 0.355 e. The molecule has 32 nitrogen and oxygen atoms in total. The molecule has 99 heavy (non-hydrogen) atoms. The van der Waals surface area contributed by atoms with Gasteiger partial charge in [0.1, 0.15) is 47.5 Å². The molecule has 1 aliphatic carbocycles. The summed E-state index contributed by atoms with van der Waals surface area (Å²) in [5, 5.41) is 38.1. The lowest BCUT2D eigenvalue weighted by atomic mass is 9.98. The maximum atomic E-state index is 16.4. The molecule has 10 N–H and O–H groups in total. The highest BCUT2D eigenvalue weighted by atomic mass is 16.7. The van der Waals surface area contributed by atoms with Crippen LogP contribution in [-0.4, -0.2) is 222 Å². The van der Waals surface area contributed by atoms with Crippen LogP contribution in [0.5, 0.6) is 0 Å². The number of amides is 10. The molecule has 10 amide bonds. The summed E-state index contributed by atoms with van der Waals surface area (Å²) < 4.78 is 6.68. The van der Waals surface area contributed by atoms with Gasteiger partial charge in [0.15, 0.2) is 23.4 Å². The predicted octanol–water partition coefficient (Wildman–Crippen LogP) is 1.00. The van der Waals surface area contributed by atoms with Crippen LogP contribution in [0.4, 0.5) is 11.4 Å². The highest BCUT2D eigenvalue weighted by molar-refractivity contribution is 6.11. The molecule has 5 aliphatic heterocycles. The van der Waals surface area contributed by atoms with E-state index in [1.165, 1.54) is 43.8 Å². The van der Waals surface area contributed by atoms with Crippen molar-refractivity contribution >= 4 is 93.5 Å². The zero-order valence-electron chi connectivity index (χ0n) is 58.3. The number of H-pyrrole nitrogens is 1. The van der Waals surface area contributed by atoms with Gasteiger partial charge in [0.2, 0.25) is 52.7 Å². The van der Waals surface area contributed by atoms with E-state index in [2.05, 4.69) is 31.6 Å². The summed E-state index contributed by atoms with van der Waals surface area (Å²) in [6.45, 7) is 17.4. The van der Waals surface area contributed by atoms with E-state index in [9.17, 15) is 48.6 Å². The molecule has 0 unspecified atom stereocenters. The number of aliphatic hydroxyl groups is 2. The SMILES string of the molecule is Cc1c2oc3c(C)c(NCc4ccc[nH]4)cc(C(=O)N4OC(=O)[C@H](C(C)C)N(C)C(=O)CCNC(=O)[C@@H]5CCCN5C(=O)[C@H](C(C)C)NC(=O)[C@@H]4[C@@H](C)O)c3nc-2c(C(=O)N2OC(=O)[C@H](C(C)C)N(C)C(=O)CCNC(=O)[C@@H]3CCCN3C(=O)[C@H](C(C)C)NC(=O)[C@@H]2[C@@H](C)O)c(N)c1=O. The maximum Gasteiger partial charge on any atom is 0.355 e. The van der Waals surface area contributed by atoms with Crippen LogP contribution in [0, 0.1) is 37.5 Å². The summed E-state index contributed by atoms with van der Waals surface area (Å²) in [6, 6.07) is -7.93. The summed E-state index contributed by atoms with van der Waals surface area (Å²) in [7, 11) is 2.56. The molecule has 538 valence electrons. The van der Waals surface area contributed by atoms with Crippen molar-refractivity contribution < 1.29 is 81.8 Å². The van der Waals surface area contributed by atoms with Crippen molar-refractivity contribution in [3.63, 3.8) is 0 Å². The summed E-state index contributed by atoms with van der Waals surface area (Å²) in [4.78, 5) is 217. The number of anilines is 2. The number of nitrogen functional groups attached to an aromatic ring is 1. The Morgan fingerprint density at radius 2 is 1.11 bits per heavy atom. The Kier molecular flexibility index (Phi) is 23.5. The normalized spacial score (nSPS) is 24.2. The van der Waals surface area contributed by atoms with Crippen LogP contribution in [-0.2, 0) is 64.2 Å². The first-order valence-electron chi connectivity index (χ1n) is 33.4. The second-order valence-corrected chi connectivity index (χ2v) is 27.2. The summed E-state index contributed by atoms with van der Waals surface area (Å²) in [5.41, 5.74) is 2.34. The van der Waals surface area contributed by atoms with Gasteiger partial charge in [0.25, 0.3) is 11.8 Å². The third-order valence-electron chi connectivity index (χ3n) is 18.7. The first kappa shape index (κ1) is 75.1. The predicted molar refractivity (Wildman–Crippen MR) is 355 cm³/mol. The molecule has 10 atom stereocenters. The van der Waals surface area contributed by atoms with E-state index >= 15 is 24.0 Å². The number of aromatic nitrogens is 2. The summed E-state index contributed by atoms with van der Waals surface area (Å²) >= 11 is 0. The van der Waals surface area contributed by atoms with Crippen molar-refractivity contribution in [2.45, 2.75) is 189 Å². The fourth-order valence-electron chi connectivity index (χ4n) is 13.2. The molecule has 0 spiro atoms. The van der Waals surface area contributed by atoms with Gasteiger partial charge in [-0.25, -0.2) is 14.6 Å². The zero-order chi connectivity index (χ0) is 73.1. The Hall–Kier alpha value is -9.72. The minimum absolute atomic E-state index is 0.0419. The van der Waals surface area contributed by atoms with Gasteiger partial charge in [0, 0.05) is 81.8 Å². The van der Waals surface area contributed by atoms with Crippen LogP contribution >= 0.6 is 0 Å². The van der Waals surface area contributed by atoms with Gasteiger partial charge in [-0.3, -0.25) is 52.7 Å². The molecule has 1 aromatic heterocycles. The molecular formula is C67H92N14O18. The molecule has 6 aliphatic rings. The van der Waals surface area contributed by atoms with Crippen LogP contribution in [0.15, 0.2) is 33.6 Å². The van der Waals surface area contributed by atoms with Crippen molar-refractivity contribution in [1.29, 1.82) is 0 Å². The van der Waals surface area contributed by atoms with Crippen molar-refractivity contribution in [2.24, 2.45) is 23.7 Å². The molecule has 0 saturated carbocycles. The number of aliphatic hydroxyl groups excluding tert-OH is 2. The van der Waals surface area contributed by atoms with E-state index in [1.54, 1.807) is 73.7 Å². The Bertz CT molecular complexity index is 3830. The van der Waals surface area contributed by atoms with Gasteiger partial charge in [-0.2, -0.15) is 10.1 Å². The number of carbonyl (C=O) groups is 12. The van der Waals surface area contributed by atoms with E-state index in [-0.39, 0.29) is 90.9 Å². The maximum absolute atomic E-state index is 16.4. The highest BCUT2D eigenvalue weighted by Crippen LogP contribution is 2.39. The first-order chi connectivity index (χ1) is 46.6. The average Bonchev–Trinajstić information content (AvgIpc) is 1.11. The highest BCUT2D eigenvalue weighted by Gasteiger charge is 2.49. The number of nitrogens with two attached hydrogens (primary N) is 1. The van der Waals surface area contributed by atoms with Gasteiger partial charge >= 0.3 is 11.9 Å². The number of aromatic amines is 1. The number of nitrogens with one attached hydrogen (secondary N) is 6. The molecule has 8 rings (SSSR count). The third kappa shape index (κ3) is 15.4. The van der Waals surface area contributed by atoms with Gasteiger partial charge in [0.05, 0.1) is 35.6 Å². The lowest BCUT2D eigenvalue weighted by Gasteiger charge is -2.36. The number of aryl methyl sites for hydroxylation is 1. The van der Waals surface area contributed by atoms with Crippen LogP contribution in [0.1, 0.15) is 145 Å². The number of hydroxylamine groups is 4. The van der Waals surface area contributed by atoms with Crippen LogP contribution in [0.3, 0.4) is 0 Å². The minimum Gasteiger partial charge on any atom is -0.452 e. The van der Waals surface area contributed by atoms with Crippen LogP contribution in [0.2, 0.25) is 0 Å². The van der Waals surface area contributed by atoms with Crippen molar-refractivity contribution in [1.82, 2.24) is 61.0 Å². The van der Waals surface area contributed by atoms with Gasteiger partial charge in [-0.05, 0) is 95.2 Å². The average molecular weight is 1380 g/mol. The Labute approximate surface area is 572 Å². The number of hydrogen-bond donors (Lipinski definition) is 9. The van der Waals surface area contributed by atoms with Gasteiger partial charge in [-0.1, -0.05) is 55.4 Å². The summed E-state index contributed by atoms with van der Waals surface area (Å²) in [5.74, 6) is -15.7. The molecule has 4 fully saturated rings. The third-order valence-corrected chi connectivity index (χ3v) is 18.7. The number of hydrogen-bond acceptors (Lipinski definition) is 21. The van der Waals surface area contributed by atoms with E-state index in [4.69, 9.17) is 24.8 Å². The fourth-order valence-corrected chi connectivity index (χ4v) is 13.2. The summed E-state index contributed by atoms with van der Waals surface area (Å²) in [6.07, 6.45) is -1.75. The van der Waals surface area contributed by atoms with Crippen molar-refractivity contribution in [2.75, 3.05) is 51.3 Å². The molecule has 0 radical (unpaired) electrons. The van der Waals surface area contributed by atoms with E-state index in [0.717, 1.165) is 23.6 Å². The second kappa shape index (κ2) is 31.0. The van der Waals surface area contributed by atoms with Crippen molar-refractivity contribution in [3.05, 3.63) is 62.6 Å². The number of likely N-dealkylation sites (N-methyl/N-ethyl adjacent to an activating group) is 2. The number of fused-ring (bicyclic) bond motifs is 4. The van der Waals surface area contributed by atoms with Crippen molar-refractivity contribution in [3.8, 4) is 11.5 Å². The number of nitrogens with zero attached hydrogens (tertiary/aromatic N) is 7. The monoisotopic (exact) mass is 1380 g/mol. The standard InChI is InChI=1S/C67H92N14O18/c1-30(2)47-64(93)78-26-16-19-41(78)58(87)70-24-21-43(84)76(13)51(32(5)6)66(95)98-80(53(36(11)82)60(89)74-47)62(91)39-28-40(72-29-38-18-15-23-69-38)34(9)56-49(39)73-50-45(46(68)55(86)35(10)57(50)97-56)63(92)81-54(37(12)83)61(90)75-48(31(3)4)65(94)79-27-17-20-42(79)59(88)71-25-22-44(85)77(14)52(33(7)8)67(96)99-81/h15,18,23,28,30-33,36-37,41-42,47-48,51-54,69,72,82-83H,16-17,19-22,24-27,29,68H2,1-14H3,(H,70,87)(H,71,88)(H,74,89)(H,75,90)/t36-,37-,41+,42+,47+,48+,51+,52+,53+,54+/m1/s1. The van der Waals surface area contributed by atoms with E-state index in [0.29, 0.717) is 18.5 Å². The molecular weight excluding hydrogens is 1290 g/mol.